The van der Waals surface area contributed by atoms with Crippen LogP contribution >= 0.6 is 22.9 Å². The summed E-state index contributed by atoms with van der Waals surface area (Å²) in [6.07, 6.45) is 1.73. The monoisotopic (exact) mass is 342 g/mol. The minimum absolute atomic E-state index is 0.256. The average Bonchev–Trinajstić information content (AvgIpc) is 2.67. The SMILES string of the molecule is Cc1nc(Cl)sc1S(=O)(=O)N1CCCc2ccccc2C1. The second-order valence-corrected chi connectivity index (χ2v) is 8.76. The molecule has 0 spiro atoms. The number of sulfonamides is 1. The fourth-order valence-electron chi connectivity index (χ4n) is 2.58. The predicted octanol–water partition coefficient (Wildman–Crippen LogP) is 3.24. The molecule has 7 heteroatoms. The van der Waals surface area contributed by atoms with Crippen LogP contribution in [0.25, 0.3) is 0 Å². The second-order valence-electron chi connectivity index (χ2n) is 5.05. The number of aromatic nitrogens is 1. The molecule has 0 atom stereocenters. The summed E-state index contributed by atoms with van der Waals surface area (Å²) in [7, 11) is -3.53. The molecule has 2 aromatic rings. The Labute approximate surface area is 133 Å². The Morgan fingerprint density at radius 2 is 2.00 bits per heavy atom. The molecule has 4 nitrogen and oxygen atoms in total. The summed E-state index contributed by atoms with van der Waals surface area (Å²) in [5, 5.41) is 0. The Hall–Kier alpha value is -0.950. The summed E-state index contributed by atoms with van der Waals surface area (Å²) < 4.78 is 27.7. The molecule has 0 fully saturated rings. The average molecular weight is 343 g/mol. The first-order valence-corrected chi connectivity index (χ1v) is 9.32. The highest BCUT2D eigenvalue weighted by molar-refractivity contribution is 7.91. The van der Waals surface area contributed by atoms with Crippen molar-refractivity contribution >= 4 is 33.0 Å². The topological polar surface area (TPSA) is 50.3 Å². The highest BCUT2D eigenvalue weighted by Crippen LogP contribution is 2.31. The van der Waals surface area contributed by atoms with Crippen LogP contribution in [0.3, 0.4) is 0 Å². The van der Waals surface area contributed by atoms with E-state index in [2.05, 4.69) is 11.1 Å². The zero-order valence-corrected chi connectivity index (χ0v) is 13.9. The zero-order chi connectivity index (χ0) is 15.0. The van der Waals surface area contributed by atoms with Crippen LogP contribution in [0, 0.1) is 6.92 Å². The molecule has 0 amide bonds. The molecule has 1 aromatic carbocycles. The lowest BCUT2D eigenvalue weighted by Gasteiger charge is -2.19. The van der Waals surface area contributed by atoms with Crippen molar-refractivity contribution in [2.45, 2.75) is 30.5 Å². The minimum Gasteiger partial charge on any atom is -0.229 e. The van der Waals surface area contributed by atoms with Crippen molar-refractivity contribution in [2.24, 2.45) is 0 Å². The number of halogens is 1. The van der Waals surface area contributed by atoms with Crippen LogP contribution in [0.1, 0.15) is 23.2 Å². The minimum atomic E-state index is -3.53. The van der Waals surface area contributed by atoms with Gasteiger partial charge in [0.15, 0.2) is 8.68 Å². The van der Waals surface area contributed by atoms with Crippen LogP contribution in [0.5, 0.6) is 0 Å². The first-order chi connectivity index (χ1) is 9.98. The van der Waals surface area contributed by atoms with Gasteiger partial charge < -0.3 is 0 Å². The van der Waals surface area contributed by atoms with Crippen molar-refractivity contribution in [3.05, 3.63) is 45.6 Å². The molecule has 112 valence electrons. The second kappa shape index (κ2) is 5.68. The number of hydrogen-bond donors (Lipinski definition) is 0. The van der Waals surface area contributed by atoms with E-state index in [1.807, 2.05) is 18.2 Å². The lowest BCUT2D eigenvalue weighted by atomic mass is 10.0. The first kappa shape index (κ1) is 15.0. The van der Waals surface area contributed by atoms with E-state index in [9.17, 15) is 8.42 Å². The Kier molecular flexibility index (Phi) is 4.05. The summed E-state index contributed by atoms with van der Waals surface area (Å²) >= 11 is 6.88. The van der Waals surface area contributed by atoms with Crippen LogP contribution in [-0.4, -0.2) is 24.3 Å². The molecule has 0 N–H and O–H groups in total. The maximum atomic E-state index is 12.8. The smallest absolute Gasteiger partial charge is 0.229 e. The van der Waals surface area contributed by atoms with Gasteiger partial charge in [0, 0.05) is 13.1 Å². The maximum absolute atomic E-state index is 12.8. The highest BCUT2D eigenvalue weighted by Gasteiger charge is 2.30. The van der Waals surface area contributed by atoms with Gasteiger partial charge in [-0.2, -0.15) is 4.31 Å². The number of benzene rings is 1. The van der Waals surface area contributed by atoms with Gasteiger partial charge >= 0.3 is 0 Å². The molecular weight excluding hydrogens is 328 g/mol. The van der Waals surface area contributed by atoms with E-state index in [4.69, 9.17) is 11.6 Å². The first-order valence-electron chi connectivity index (χ1n) is 6.68. The molecule has 0 bridgehead atoms. The van der Waals surface area contributed by atoms with E-state index in [0.717, 1.165) is 29.7 Å². The molecule has 1 aliphatic heterocycles. The highest BCUT2D eigenvalue weighted by atomic mass is 35.5. The van der Waals surface area contributed by atoms with Gasteiger partial charge in [-0.1, -0.05) is 47.2 Å². The van der Waals surface area contributed by atoms with Gasteiger partial charge in [-0.05, 0) is 30.9 Å². The lowest BCUT2D eigenvalue weighted by molar-refractivity contribution is 0.411. The Balaban J connectivity index is 1.98. The number of hydrogen-bond acceptors (Lipinski definition) is 4. The summed E-state index contributed by atoms with van der Waals surface area (Å²) in [5.74, 6) is 0. The fraction of sp³-hybridized carbons (Fsp3) is 0.357. The molecule has 0 radical (unpaired) electrons. The number of fused-ring (bicyclic) bond motifs is 1. The van der Waals surface area contributed by atoms with Crippen molar-refractivity contribution in [2.75, 3.05) is 6.54 Å². The van der Waals surface area contributed by atoms with Gasteiger partial charge in [0.1, 0.15) is 0 Å². The van der Waals surface area contributed by atoms with E-state index < -0.39 is 10.0 Å². The van der Waals surface area contributed by atoms with Crippen LogP contribution < -0.4 is 0 Å². The van der Waals surface area contributed by atoms with Crippen molar-refractivity contribution in [1.82, 2.24) is 9.29 Å². The summed E-state index contributed by atoms with van der Waals surface area (Å²) in [6.45, 7) is 2.61. The third-order valence-electron chi connectivity index (χ3n) is 3.62. The standard InChI is InChI=1S/C14H15ClN2O2S2/c1-10-13(20-14(15)16-10)21(18,19)17-8-4-7-11-5-2-3-6-12(11)9-17/h2-3,5-6H,4,7-9H2,1H3. The predicted molar refractivity (Wildman–Crippen MR) is 84.2 cm³/mol. The van der Waals surface area contributed by atoms with Crippen LogP contribution in [0.2, 0.25) is 4.47 Å². The lowest BCUT2D eigenvalue weighted by Crippen LogP contribution is -2.30. The quantitative estimate of drug-likeness (QED) is 0.841. The van der Waals surface area contributed by atoms with Gasteiger partial charge in [-0.25, -0.2) is 13.4 Å². The van der Waals surface area contributed by atoms with E-state index in [-0.39, 0.29) is 8.68 Å². The van der Waals surface area contributed by atoms with Crippen LogP contribution in [0.4, 0.5) is 0 Å². The largest absolute Gasteiger partial charge is 0.254 e. The third-order valence-corrected chi connectivity index (χ3v) is 7.31. The molecule has 0 aliphatic carbocycles. The van der Waals surface area contributed by atoms with Gasteiger partial charge in [-0.3, -0.25) is 0 Å². The van der Waals surface area contributed by atoms with Crippen molar-refractivity contribution in [1.29, 1.82) is 0 Å². The molecule has 1 aliphatic rings. The molecule has 0 saturated heterocycles. The summed E-state index contributed by atoms with van der Waals surface area (Å²) in [5.41, 5.74) is 2.78. The molecule has 0 unspecified atom stereocenters. The zero-order valence-electron chi connectivity index (χ0n) is 11.5. The number of thiazole rings is 1. The van der Waals surface area contributed by atoms with E-state index >= 15 is 0 Å². The van der Waals surface area contributed by atoms with Gasteiger partial charge in [-0.15, -0.1) is 0 Å². The van der Waals surface area contributed by atoms with E-state index in [0.29, 0.717) is 18.8 Å². The van der Waals surface area contributed by atoms with E-state index in [1.165, 1.54) is 9.87 Å². The molecule has 2 heterocycles. The van der Waals surface area contributed by atoms with E-state index in [1.54, 1.807) is 6.92 Å². The van der Waals surface area contributed by atoms with Gasteiger partial charge in [0.2, 0.25) is 0 Å². The van der Waals surface area contributed by atoms with Gasteiger partial charge in [0.05, 0.1) is 5.69 Å². The number of aryl methyl sites for hydroxylation is 2. The number of nitrogens with zero attached hydrogens (tertiary/aromatic N) is 2. The maximum Gasteiger partial charge on any atom is 0.254 e. The summed E-state index contributed by atoms with van der Waals surface area (Å²) in [6, 6.07) is 8.01. The Morgan fingerprint density at radius 1 is 1.29 bits per heavy atom. The third kappa shape index (κ3) is 2.85. The fourth-order valence-corrected chi connectivity index (χ4v) is 5.91. The molecule has 21 heavy (non-hydrogen) atoms. The van der Waals surface area contributed by atoms with Gasteiger partial charge in [0.25, 0.3) is 10.0 Å². The molecular formula is C14H15ClN2O2S2. The molecule has 1 aromatic heterocycles. The van der Waals surface area contributed by atoms with Crippen molar-refractivity contribution in [3.63, 3.8) is 0 Å². The molecule has 0 saturated carbocycles. The van der Waals surface area contributed by atoms with Crippen molar-refractivity contribution < 1.29 is 8.42 Å². The summed E-state index contributed by atoms with van der Waals surface area (Å²) in [4.78, 5) is 4.02. The Bertz CT molecular complexity index is 771. The van der Waals surface area contributed by atoms with Crippen LogP contribution in [-0.2, 0) is 23.0 Å². The number of rotatable bonds is 2. The normalized spacial score (nSPS) is 16.5. The molecule has 3 rings (SSSR count). The Morgan fingerprint density at radius 3 is 2.67 bits per heavy atom. The van der Waals surface area contributed by atoms with Crippen LogP contribution in [0.15, 0.2) is 28.5 Å². The van der Waals surface area contributed by atoms with Crippen molar-refractivity contribution in [3.8, 4) is 0 Å².